The topological polar surface area (TPSA) is 57.5 Å². The number of carbonyl (C=O) groups is 1. The lowest BCUT2D eigenvalue weighted by atomic mass is 9.42. The molecule has 3 saturated carbocycles. The summed E-state index contributed by atoms with van der Waals surface area (Å²) in [6, 6.07) is 0. The monoisotopic (exact) mass is 318 g/mol. The molecule has 0 saturated heterocycles. The van der Waals surface area contributed by atoms with E-state index in [2.05, 4.69) is 13.0 Å². The van der Waals surface area contributed by atoms with E-state index in [9.17, 15) is 15.0 Å². The standard InChI is InChI=1S/C20H30O3/c1-18-7-3-8-19(2,17(22)23)15(18)6-9-20-10-13(4-5-16(18)20)14(11-20)12-21/h3,8,13-16,21H,4-7,9-12H2,1-2H3,(H,22,23)/t13-,14+,15-,16-,18+,19?,20-/m1/s1. The quantitative estimate of drug-likeness (QED) is 0.760. The molecule has 2 bridgehead atoms. The average molecular weight is 318 g/mol. The molecule has 4 aliphatic rings. The van der Waals surface area contributed by atoms with Gasteiger partial charge in [-0.1, -0.05) is 19.1 Å². The third kappa shape index (κ3) is 1.89. The molecule has 0 aromatic heterocycles. The SMILES string of the molecule is CC1(C(=O)O)C=CC[C@@]2(C)[C@H]1CC[C@@]13C[C@@H](CO)[C@H](CC[C@@H]12)C3. The van der Waals surface area contributed by atoms with Gasteiger partial charge in [0.1, 0.15) is 0 Å². The van der Waals surface area contributed by atoms with Crippen molar-refractivity contribution < 1.29 is 15.0 Å². The minimum Gasteiger partial charge on any atom is -0.481 e. The first-order valence-corrected chi connectivity index (χ1v) is 9.38. The highest BCUT2D eigenvalue weighted by Gasteiger charge is 2.64. The zero-order chi connectivity index (χ0) is 16.5. The molecule has 3 heteroatoms. The van der Waals surface area contributed by atoms with Gasteiger partial charge in [0.05, 0.1) is 5.41 Å². The molecular formula is C20H30O3. The summed E-state index contributed by atoms with van der Waals surface area (Å²) in [7, 11) is 0. The molecule has 128 valence electrons. The van der Waals surface area contributed by atoms with Crippen molar-refractivity contribution in [3.05, 3.63) is 12.2 Å². The van der Waals surface area contributed by atoms with E-state index in [4.69, 9.17) is 0 Å². The Bertz CT molecular complexity index is 555. The van der Waals surface area contributed by atoms with Crippen molar-refractivity contribution in [1.29, 1.82) is 0 Å². The van der Waals surface area contributed by atoms with Crippen LogP contribution in [0.5, 0.6) is 0 Å². The number of aliphatic hydroxyl groups is 1. The first-order valence-electron chi connectivity index (χ1n) is 9.38. The second-order valence-electron chi connectivity index (χ2n) is 9.39. The van der Waals surface area contributed by atoms with Crippen molar-refractivity contribution in [1.82, 2.24) is 0 Å². The van der Waals surface area contributed by atoms with E-state index in [1.165, 1.54) is 32.1 Å². The number of fused-ring (bicyclic) bond motifs is 3. The van der Waals surface area contributed by atoms with E-state index in [1.807, 2.05) is 13.0 Å². The van der Waals surface area contributed by atoms with Crippen molar-refractivity contribution in [3.63, 3.8) is 0 Å². The highest BCUT2D eigenvalue weighted by atomic mass is 16.4. The molecule has 0 amide bonds. The fourth-order valence-electron chi connectivity index (χ4n) is 7.56. The van der Waals surface area contributed by atoms with Crippen LogP contribution in [0.3, 0.4) is 0 Å². The van der Waals surface area contributed by atoms with Gasteiger partial charge >= 0.3 is 5.97 Å². The van der Waals surface area contributed by atoms with E-state index >= 15 is 0 Å². The third-order valence-electron chi connectivity index (χ3n) is 8.53. The van der Waals surface area contributed by atoms with Crippen LogP contribution in [0.1, 0.15) is 58.8 Å². The fraction of sp³-hybridized carbons (Fsp3) is 0.850. The van der Waals surface area contributed by atoms with Crippen molar-refractivity contribution in [3.8, 4) is 0 Å². The molecule has 7 atom stereocenters. The average Bonchev–Trinajstić information content (AvgIpc) is 2.77. The molecule has 1 unspecified atom stereocenters. The smallest absolute Gasteiger partial charge is 0.313 e. The maximum atomic E-state index is 12.0. The first-order chi connectivity index (χ1) is 10.9. The Hall–Kier alpha value is -0.830. The number of carboxylic acids is 1. The van der Waals surface area contributed by atoms with E-state index in [-0.39, 0.29) is 11.3 Å². The van der Waals surface area contributed by atoms with Gasteiger partial charge in [0.25, 0.3) is 0 Å². The number of carboxylic acid groups (broad SMARTS) is 1. The highest BCUT2D eigenvalue weighted by Crippen LogP contribution is 2.71. The second kappa shape index (κ2) is 4.84. The second-order valence-corrected chi connectivity index (χ2v) is 9.39. The molecule has 4 aliphatic carbocycles. The largest absolute Gasteiger partial charge is 0.481 e. The first kappa shape index (κ1) is 15.7. The van der Waals surface area contributed by atoms with Crippen LogP contribution in [0.25, 0.3) is 0 Å². The van der Waals surface area contributed by atoms with Gasteiger partial charge in [0.15, 0.2) is 0 Å². The Kier molecular flexibility index (Phi) is 3.30. The molecule has 4 rings (SSSR count). The lowest BCUT2D eigenvalue weighted by Crippen LogP contribution is -2.57. The van der Waals surface area contributed by atoms with Crippen LogP contribution in [0, 0.1) is 39.9 Å². The molecule has 1 spiro atoms. The minimum atomic E-state index is -0.708. The molecule has 23 heavy (non-hydrogen) atoms. The van der Waals surface area contributed by atoms with Gasteiger partial charge in [0.2, 0.25) is 0 Å². The van der Waals surface area contributed by atoms with Gasteiger partial charge in [-0.2, -0.15) is 0 Å². The zero-order valence-electron chi connectivity index (χ0n) is 14.4. The molecule has 0 heterocycles. The summed E-state index contributed by atoms with van der Waals surface area (Å²) >= 11 is 0. The maximum Gasteiger partial charge on any atom is 0.313 e. The molecule has 2 N–H and O–H groups in total. The Morgan fingerprint density at radius 2 is 1.96 bits per heavy atom. The minimum absolute atomic E-state index is 0.107. The van der Waals surface area contributed by atoms with Gasteiger partial charge in [-0.15, -0.1) is 0 Å². The summed E-state index contributed by atoms with van der Waals surface area (Å²) < 4.78 is 0. The van der Waals surface area contributed by atoms with Crippen molar-refractivity contribution in [2.24, 2.45) is 39.9 Å². The van der Waals surface area contributed by atoms with Crippen LogP contribution in [0.2, 0.25) is 0 Å². The summed E-state index contributed by atoms with van der Waals surface area (Å²) in [6.07, 6.45) is 12.3. The normalized spacial score (nSPS) is 54.4. The van der Waals surface area contributed by atoms with Crippen LogP contribution in [-0.4, -0.2) is 22.8 Å². The summed E-state index contributed by atoms with van der Waals surface area (Å²) in [5.41, 5.74) is -0.220. The van der Waals surface area contributed by atoms with E-state index in [0.717, 1.165) is 12.8 Å². The number of rotatable bonds is 2. The Balaban J connectivity index is 1.73. The van der Waals surface area contributed by atoms with Gasteiger partial charge in [-0.05, 0) is 86.4 Å². The summed E-state index contributed by atoms with van der Waals surface area (Å²) in [6.45, 7) is 4.65. The van der Waals surface area contributed by atoms with Crippen molar-refractivity contribution in [2.45, 2.75) is 58.8 Å². The molecular weight excluding hydrogens is 288 g/mol. The molecule has 3 fully saturated rings. The highest BCUT2D eigenvalue weighted by molar-refractivity contribution is 5.77. The van der Waals surface area contributed by atoms with Gasteiger partial charge in [-0.3, -0.25) is 4.79 Å². The van der Waals surface area contributed by atoms with Crippen LogP contribution >= 0.6 is 0 Å². The summed E-state index contributed by atoms with van der Waals surface area (Å²) in [4.78, 5) is 12.0. The molecule has 0 aromatic carbocycles. The Morgan fingerprint density at radius 3 is 2.65 bits per heavy atom. The van der Waals surface area contributed by atoms with Crippen LogP contribution in [0.15, 0.2) is 12.2 Å². The predicted molar refractivity (Wildman–Crippen MR) is 88.8 cm³/mol. The van der Waals surface area contributed by atoms with E-state index in [0.29, 0.717) is 29.8 Å². The number of hydrogen-bond acceptors (Lipinski definition) is 2. The van der Waals surface area contributed by atoms with Gasteiger partial charge < -0.3 is 10.2 Å². The maximum absolute atomic E-state index is 12.0. The van der Waals surface area contributed by atoms with Crippen molar-refractivity contribution in [2.75, 3.05) is 6.61 Å². The predicted octanol–water partition coefficient (Wildman–Crippen LogP) is 3.87. The molecule has 0 aromatic rings. The lowest BCUT2D eigenvalue weighted by molar-refractivity contribution is -0.164. The Labute approximate surface area is 139 Å². The van der Waals surface area contributed by atoms with E-state index < -0.39 is 11.4 Å². The number of allylic oxidation sites excluding steroid dienone is 1. The molecule has 3 nitrogen and oxygen atoms in total. The van der Waals surface area contributed by atoms with Crippen LogP contribution in [0.4, 0.5) is 0 Å². The fourth-order valence-corrected chi connectivity index (χ4v) is 7.56. The molecule has 0 aliphatic heterocycles. The summed E-state index contributed by atoms with van der Waals surface area (Å²) in [5.74, 6) is 1.42. The van der Waals surface area contributed by atoms with Crippen LogP contribution in [-0.2, 0) is 4.79 Å². The summed E-state index contributed by atoms with van der Waals surface area (Å²) in [5, 5.41) is 19.6. The molecule has 0 radical (unpaired) electrons. The number of hydrogen-bond donors (Lipinski definition) is 2. The number of aliphatic carboxylic acids is 1. The zero-order valence-corrected chi connectivity index (χ0v) is 14.4. The van der Waals surface area contributed by atoms with Gasteiger partial charge in [0, 0.05) is 6.61 Å². The third-order valence-corrected chi connectivity index (χ3v) is 8.53. The number of aliphatic hydroxyl groups excluding tert-OH is 1. The Morgan fingerprint density at radius 1 is 1.17 bits per heavy atom. The lowest BCUT2D eigenvalue weighted by Gasteiger charge is -2.62. The van der Waals surface area contributed by atoms with Crippen LogP contribution < -0.4 is 0 Å². The van der Waals surface area contributed by atoms with E-state index in [1.54, 1.807) is 0 Å². The van der Waals surface area contributed by atoms with Gasteiger partial charge in [-0.25, -0.2) is 0 Å². The van der Waals surface area contributed by atoms with Crippen molar-refractivity contribution >= 4 is 5.97 Å².